The number of nitrogens with one attached hydrogen (secondary N) is 2. The van der Waals surface area contributed by atoms with Gasteiger partial charge in [0.25, 0.3) is 10.0 Å². The first-order valence-electron chi connectivity index (χ1n) is 9.42. The van der Waals surface area contributed by atoms with Gasteiger partial charge in [-0.05, 0) is 51.0 Å². The van der Waals surface area contributed by atoms with Gasteiger partial charge in [0.1, 0.15) is 0 Å². The summed E-state index contributed by atoms with van der Waals surface area (Å²) in [5.74, 6) is -3.10. The minimum atomic E-state index is -3.90. The van der Waals surface area contributed by atoms with E-state index in [9.17, 15) is 23.1 Å². The lowest BCUT2D eigenvalue weighted by molar-refractivity contribution is -0.147. The van der Waals surface area contributed by atoms with Gasteiger partial charge in [-0.25, -0.2) is 13.1 Å². The van der Waals surface area contributed by atoms with Crippen molar-refractivity contribution in [2.75, 3.05) is 10.0 Å². The van der Waals surface area contributed by atoms with Crippen LogP contribution < -0.4 is 10.0 Å². The number of carboxylic acid groups (broad SMARTS) is 1. The molecule has 2 aromatic rings. The maximum Gasteiger partial charge on any atom is 0.310 e. The van der Waals surface area contributed by atoms with Crippen molar-refractivity contribution < 1.29 is 32.4 Å². The lowest BCUT2D eigenvalue weighted by Crippen LogP contribution is -2.40. The van der Waals surface area contributed by atoms with Crippen LogP contribution in [0.1, 0.15) is 24.1 Å². The second-order valence-electron chi connectivity index (χ2n) is 7.52. The van der Waals surface area contributed by atoms with Crippen LogP contribution in [0.15, 0.2) is 33.7 Å². The Morgan fingerprint density at radius 3 is 2.30 bits per heavy atom. The number of sulfonamides is 1. The van der Waals surface area contributed by atoms with Crippen LogP contribution in [-0.4, -0.2) is 42.8 Å². The lowest BCUT2D eigenvalue weighted by Gasteiger charge is -2.23. The van der Waals surface area contributed by atoms with Crippen molar-refractivity contribution in [3.05, 3.63) is 35.5 Å². The number of hydrogen-bond acceptors (Lipinski definition) is 7. The molecule has 160 valence electrons. The van der Waals surface area contributed by atoms with Crippen LogP contribution in [0.4, 0.5) is 11.6 Å². The molecule has 2 aliphatic rings. The van der Waals surface area contributed by atoms with Crippen LogP contribution in [-0.2, 0) is 24.3 Å². The summed E-state index contributed by atoms with van der Waals surface area (Å²) in [4.78, 5) is 24.2. The third-order valence-electron chi connectivity index (χ3n) is 5.68. The molecule has 4 atom stereocenters. The van der Waals surface area contributed by atoms with Crippen molar-refractivity contribution >= 4 is 33.5 Å². The van der Waals surface area contributed by atoms with E-state index < -0.39 is 45.9 Å². The van der Waals surface area contributed by atoms with Crippen molar-refractivity contribution in [2.45, 2.75) is 43.8 Å². The number of anilines is 2. The van der Waals surface area contributed by atoms with Crippen molar-refractivity contribution in [1.82, 2.24) is 5.16 Å². The molecule has 1 aromatic heterocycles. The van der Waals surface area contributed by atoms with E-state index in [0.717, 1.165) is 0 Å². The molecule has 3 heterocycles. The summed E-state index contributed by atoms with van der Waals surface area (Å²) in [6.07, 6.45) is 0.434. The fourth-order valence-electron chi connectivity index (χ4n) is 3.96. The molecule has 2 bridgehead atoms. The van der Waals surface area contributed by atoms with Crippen molar-refractivity contribution in [2.24, 2.45) is 11.8 Å². The Morgan fingerprint density at radius 1 is 1.10 bits per heavy atom. The van der Waals surface area contributed by atoms with Gasteiger partial charge in [0, 0.05) is 11.3 Å². The van der Waals surface area contributed by atoms with Gasteiger partial charge >= 0.3 is 5.97 Å². The van der Waals surface area contributed by atoms with Crippen LogP contribution in [0.5, 0.6) is 0 Å². The zero-order valence-electron chi connectivity index (χ0n) is 16.3. The Labute approximate surface area is 172 Å². The van der Waals surface area contributed by atoms with Crippen molar-refractivity contribution in [3.8, 4) is 0 Å². The van der Waals surface area contributed by atoms with E-state index in [0.29, 0.717) is 29.8 Å². The number of fused-ring (bicyclic) bond motifs is 2. The SMILES string of the molecule is Cc1noc(NS(=O)(=O)c2ccc(NC(=O)[C@H]3[C@@H](C(=O)O)[C@H]4CC[C@H]3O4)cc2)c1C. The molecule has 3 N–H and O–H groups in total. The van der Waals surface area contributed by atoms with Crippen LogP contribution in [0.3, 0.4) is 0 Å². The average Bonchev–Trinajstić information content (AvgIpc) is 3.39. The zero-order chi connectivity index (χ0) is 21.6. The normalized spacial score (nSPS) is 25.3. The molecule has 1 aromatic carbocycles. The first kappa shape index (κ1) is 20.4. The van der Waals surface area contributed by atoms with Gasteiger partial charge in [0.2, 0.25) is 11.8 Å². The van der Waals surface area contributed by atoms with Gasteiger partial charge in [-0.15, -0.1) is 0 Å². The molecule has 10 nitrogen and oxygen atoms in total. The Kier molecular flexibility index (Phi) is 5.02. The van der Waals surface area contributed by atoms with Gasteiger partial charge in [0.15, 0.2) is 0 Å². The number of carboxylic acids is 1. The zero-order valence-corrected chi connectivity index (χ0v) is 17.1. The molecule has 2 saturated heterocycles. The molecule has 0 radical (unpaired) electrons. The number of carbonyl (C=O) groups excluding carboxylic acids is 1. The molecule has 0 aliphatic carbocycles. The average molecular weight is 435 g/mol. The number of amides is 1. The second-order valence-corrected chi connectivity index (χ2v) is 9.20. The summed E-state index contributed by atoms with van der Waals surface area (Å²) in [6.45, 7) is 3.39. The lowest BCUT2D eigenvalue weighted by atomic mass is 9.78. The predicted octanol–water partition coefficient (Wildman–Crippen LogP) is 1.91. The Hall–Kier alpha value is -2.92. The van der Waals surface area contributed by atoms with E-state index in [1.54, 1.807) is 13.8 Å². The van der Waals surface area contributed by atoms with Gasteiger partial charge in [-0.2, -0.15) is 0 Å². The third kappa shape index (κ3) is 3.54. The molecule has 30 heavy (non-hydrogen) atoms. The van der Waals surface area contributed by atoms with Crippen LogP contribution >= 0.6 is 0 Å². The van der Waals surface area contributed by atoms with Crippen molar-refractivity contribution in [1.29, 1.82) is 0 Å². The van der Waals surface area contributed by atoms with E-state index in [1.165, 1.54) is 24.3 Å². The molecule has 1 amide bonds. The molecule has 2 aliphatic heterocycles. The summed E-state index contributed by atoms with van der Waals surface area (Å²) in [5, 5.41) is 15.8. The first-order chi connectivity index (χ1) is 14.2. The van der Waals surface area contributed by atoms with Gasteiger partial charge in [-0.3, -0.25) is 9.59 Å². The number of carbonyl (C=O) groups is 2. The summed E-state index contributed by atoms with van der Waals surface area (Å²) >= 11 is 0. The second kappa shape index (κ2) is 7.40. The summed E-state index contributed by atoms with van der Waals surface area (Å²) in [6, 6.07) is 5.55. The molecular formula is C19H21N3O7S. The third-order valence-corrected chi connectivity index (χ3v) is 7.02. The minimum absolute atomic E-state index is 0.0272. The Balaban J connectivity index is 1.46. The number of ether oxygens (including phenoxy) is 1. The van der Waals surface area contributed by atoms with Crippen LogP contribution in [0.2, 0.25) is 0 Å². The van der Waals surface area contributed by atoms with Gasteiger partial charge in [0.05, 0.1) is 34.6 Å². The standard InChI is InChI=1S/C19H21N3O7S/c1-9-10(2)21-29-18(9)22-30(26,27)12-5-3-11(4-6-12)20-17(23)15-13-7-8-14(28-13)16(15)19(24)25/h3-6,13-16,22H,7-8H2,1-2H3,(H,20,23)(H,24,25)/t13-,14-,15-,16+/m1/s1. The highest BCUT2D eigenvalue weighted by Crippen LogP contribution is 2.44. The monoisotopic (exact) mass is 435 g/mol. The number of hydrogen-bond donors (Lipinski definition) is 3. The highest BCUT2D eigenvalue weighted by atomic mass is 32.2. The molecular weight excluding hydrogens is 414 g/mol. The van der Waals surface area contributed by atoms with E-state index in [1.807, 2.05) is 0 Å². The maximum absolute atomic E-state index is 12.7. The molecule has 11 heteroatoms. The first-order valence-corrected chi connectivity index (χ1v) is 10.9. The van der Waals surface area contributed by atoms with Gasteiger partial charge < -0.3 is 19.7 Å². The maximum atomic E-state index is 12.7. The van der Waals surface area contributed by atoms with E-state index in [2.05, 4.69) is 15.2 Å². The number of benzene rings is 1. The summed E-state index contributed by atoms with van der Waals surface area (Å²) < 4.78 is 38.0. The molecule has 4 rings (SSSR count). The largest absolute Gasteiger partial charge is 0.481 e. The molecule has 0 unspecified atom stereocenters. The highest BCUT2D eigenvalue weighted by Gasteiger charge is 2.55. The topological polar surface area (TPSA) is 148 Å². The Bertz CT molecular complexity index is 1090. The molecule has 0 saturated carbocycles. The highest BCUT2D eigenvalue weighted by molar-refractivity contribution is 7.92. The van der Waals surface area contributed by atoms with E-state index in [4.69, 9.17) is 9.26 Å². The molecule has 0 spiro atoms. The fourth-order valence-corrected chi connectivity index (χ4v) is 5.01. The quantitative estimate of drug-likeness (QED) is 0.623. The van der Waals surface area contributed by atoms with Crippen LogP contribution in [0, 0.1) is 25.7 Å². The van der Waals surface area contributed by atoms with Crippen molar-refractivity contribution in [3.63, 3.8) is 0 Å². The predicted molar refractivity (Wildman–Crippen MR) is 104 cm³/mol. The van der Waals surface area contributed by atoms with E-state index in [-0.39, 0.29) is 10.8 Å². The molecule has 2 fully saturated rings. The van der Waals surface area contributed by atoms with Gasteiger partial charge in [-0.1, -0.05) is 5.16 Å². The fraction of sp³-hybridized carbons (Fsp3) is 0.421. The van der Waals surface area contributed by atoms with E-state index >= 15 is 0 Å². The number of nitrogens with zero attached hydrogens (tertiary/aromatic N) is 1. The smallest absolute Gasteiger partial charge is 0.310 e. The Morgan fingerprint density at radius 2 is 1.73 bits per heavy atom. The number of aromatic nitrogens is 1. The minimum Gasteiger partial charge on any atom is -0.481 e. The number of aliphatic carboxylic acids is 1. The number of aryl methyl sites for hydroxylation is 1. The summed E-state index contributed by atoms with van der Waals surface area (Å²) in [7, 11) is -3.90. The summed E-state index contributed by atoms with van der Waals surface area (Å²) in [5.41, 5.74) is 1.52. The van der Waals surface area contributed by atoms with Crippen LogP contribution in [0.25, 0.3) is 0 Å². The number of rotatable bonds is 6.